The van der Waals surface area contributed by atoms with Gasteiger partial charge in [0.25, 0.3) is 0 Å². The lowest BCUT2D eigenvalue weighted by Crippen LogP contribution is -2.64. The summed E-state index contributed by atoms with van der Waals surface area (Å²) in [5, 5.41) is 27.2. The molecule has 256 valence electrons. The predicted molar refractivity (Wildman–Crippen MR) is 184 cm³/mol. The minimum Gasteiger partial charge on any atom is -0.508 e. The Kier molecular flexibility index (Phi) is 7.85. The van der Waals surface area contributed by atoms with Gasteiger partial charge in [0.1, 0.15) is 5.75 Å². The molecule has 1 saturated heterocycles. The SMILES string of the molecule is CCCC1O[C@@H]2C[C@H]3[C@@H]4CCC5=Cc6c(cnn6-c6cccc(O)c6)C[C@]5(C)[C@H]4[C@@H](O)C[C@]3(C)[C@]2(C(=O)CO[Si](C)(C)C(C)(C)C)O1. The first kappa shape index (κ1) is 33.2. The number of hydrogen-bond acceptors (Lipinski definition) is 7. The van der Waals surface area contributed by atoms with E-state index in [2.05, 4.69) is 60.7 Å². The number of fused-ring (bicyclic) bond motifs is 8. The molecule has 0 bridgehead atoms. The zero-order valence-corrected chi connectivity index (χ0v) is 30.5. The molecule has 2 heterocycles. The van der Waals surface area contributed by atoms with Crippen LogP contribution in [0, 0.1) is 28.6 Å². The molecule has 4 aliphatic carbocycles. The molecule has 9 atom stereocenters. The monoisotopic (exact) mass is 662 g/mol. The Balaban J connectivity index is 1.21. The molecule has 1 aromatic carbocycles. The number of carbonyl (C=O) groups excluding carboxylic acids is 1. The van der Waals surface area contributed by atoms with Crippen molar-refractivity contribution in [2.24, 2.45) is 28.6 Å². The maximum Gasteiger partial charge on any atom is 0.192 e. The zero-order valence-electron chi connectivity index (χ0n) is 29.5. The third-order valence-corrected chi connectivity index (χ3v) is 18.1. The quantitative estimate of drug-likeness (QED) is 0.302. The smallest absolute Gasteiger partial charge is 0.192 e. The van der Waals surface area contributed by atoms with Gasteiger partial charge in [-0.2, -0.15) is 5.10 Å². The molecule has 9 heteroatoms. The van der Waals surface area contributed by atoms with Crippen LogP contribution < -0.4 is 0 Å². The van der Waals surface area contributed by atoms with Crippen molar-refractivity contribution >= 4 is 20.2 Å². The van der Waals surface area contributed by atoms with Gasteiger partial charge in [0.2, 0.25) is 0 Å². The second-order valence-electron chi connectivity index (χ2n) is 17.2. The average Bonchev–Trinajstić information content (AvgIpc) is 3.63. The predicted octanol–water partition coefficient (Wildman–Crippen LogP) is 7.21. The first-order chi connectivity index (χ1) is 22.1. The summed E-state index contributed by atoms with van der Waals surface area (Å²) in [6.45, 7) is 17.7. The summed E-state index contributed by atoms with van der Waals surface area (Å²) >= 11 is 0. The number of aliphatic hydroxyl groups excluding tert-OH is 1. The molecule has 4 fully saturated rings. The van der Waals surface area contributed by atoms with Gasteiger partial charge in [-0.25, -0.2) is 4.68 Å². The lowest BCUT2D eigenvalue weighted by Gasteiger charge is -2.60. The molecule has 0 spiro atoms. The standard InChI is InChI=1S/C38H54N2O6Si/c1-9-11-33-45-32-18-28-27-15-14-24-16-29-23(21-39-40(29)25-12-10-13-26(41)17-25)19-36(24,5)34(27)30(42)20-37(28,6)38(32,46-33)31(43)22-44-47(7,8)35(2,3)4/h10,12-13,16-17,21,27-28,30,32-34,41-42H,9,11,14-15,18-20,22H2,1-8H3/t27-,28-,30-,32+,33?,34+,36-,37-,38+/m0/s1. The summed E-state index contributed by atoms with van der Waals surface area (Å²) in [4.78, 5) is 14.6. The normalized spacial score (nSPS) is 37.8. The van der Waals surface area contributed by atoms with E-state index in [1.807, 2.05) is 23.0 Å². The van der Waals surface area contributed by atoms with Gasteiger partial charge in [0, 0.05) is 11.5 Å². The summed E-state index contributed by atoms with van der Waals surface area (Å²) in [7, 11) is -2.18. The van der Waals surface area contributed by atoms with Gasteiger partial charge in [-0.15, -0.1) is 0 Å². The number of phenolic OH excluding ortho intramolecular Hbond substituents is 1. The summed E-state index contributed by atoms with van der Waals surface area (Å²) < 4.78 is 22.0. The highest BCUT2D eigenvalue weighted by atomic mass is 28.4. The maximum absolute atomic E-state index is 14.6. The molecule has 5 aliphatic rings. The maximum atomic E-state index is 14.6. The Morgan fingerprint density at radius 3 is 2.70 bits per heavy atom. The number of phenols is 1. The minimum atomic E-state index is -2.18. The Morgan fingerprint density at radius 1 is 1.23 bits per heavy atom. The zero-order chi connectivity index (χ0) is 33.7. The lowest BCUT2D eigenvalue weighted by atomic mass is 9.45. The van der Waals surface area contributed by atoms with E-state index in [1.165, 1.54) is 5.57 Å². The molecule has 47 heavy (non-hydrogen) atoms. The number of benzene rings is 1. The van der Waals surface area contributed by atoms with Crippen LogP contribution in [0.5, 0.6) is 5.75 Å². The number of aromatic hydroxyl groups is 1. The van der Waals surface area contributed by atoms with Gasteiger partial charge >= 0.3 is 0 Å². The van der Waals surface area contributed by atoms with Crippen LogP contribution in [0.4, 0.5) is 0 Å². The van der Waals surface area contributed by atoms with Crippen LogP contribution >= 0.6 is 0 Å². The Morgan fingerprint density at radius 2 is 2.00 bits per heavy atom. The number of allylic oxidation sites excluding steroid dienone is 1. The molecule has 7 rings (SSSR count). The number of hydrogen-bond donors (Lipinski definition) is 2. The third-order valence-electron chi connectivity index (χ3n) is 13.6. The fourth-order valence-electron chi connectivity index (χ4n) is 10.3. The second kappa shape index (κ2) is 11.1. The van der Waals surface area contributed by atoms with Gasteiger partial charge < -0.3 is 24.1 Å². The number of ether oxygens (including phenoxy) is 2. The second-order valence-corrected chi connectivity index (χ2v) is 22.0. The van der Waals surface area contributed by atoms with Crippen LogP contribution in [0.25, 0.3) is 11.8 Å². The van der Waals surface area contributed by atoms with Crippen molar-refractivity contribution in [3.63, 3.8) is 0 Å². The van der Waals surface area contributed by atoms with E-state index in [0.717, 1.165) is 55.5 Å². The van der Waals surface area contributed by atoms with Crippen LogP contribution in [0.15, 0.2) is 36.0 Å². The molecule has 2 N–H and O–H groups in total. The topological polar surface area (TPSA) is 103 Å². The summed E-state index contributed by atoms with van der Waals surface area (Å²) in [6.07, 6.45) is 8.52. The Hall–Kier alpha value is -2.30. The first-order valence-corrected chi connectivity index (χ1v) is 20.7. The number of rotatable bonds is 7. The molecule has 1 aliphatic heterocycles. The average molecular weight is 663 g/mol. The summed E-state index contributed by atoms with van der Waals surface area (Å²) in [5.74, 6) is 0.689. The molecular weight excluding hydrogens is 609 g/mol. The van der Waals surface area contributed by atoms with Crippen molar-refractivity contribution < 1.29 is 28.9 Å². The molecule has 1 unspecified atom stereocenters. The van der Waals surface area contributed by atoms with Crippen LogP contribution in [-0.2, 0) is 25.1 Å². The molecule has 2 aromatic rings. The highest BCUT2D eigenvalue weighted by molar-refractivity contribution is 6.74. The highest BCUT2D eigenvalue weighted by Gasteiger charge is 2.76. The van der Waals surface area contributed by atoms with Crippen molar-refractivity contribution in [3.05, 3.63) is 47.3 Å². The molecule has 0 amide bonds. The number of carbonyl (C=O) groups is 1. The number of aliphatic hydroxyl groups is 1. The van der Waals surface area contributed by atoms with Crippen molar-refractivity contribution in [1.82, 2.24) is 9.78 Å². The minimum absolute atomic E-state index is 0.00847. The number of aromatic nitrogens is 2. The summed E-state index contributed by atoms with van der Waals surface area (Å²) in [6, 6.07) is 7.21. The lowest BCUT2D eigenvalue weighted by molar-refractivity contribution is -0.202. The Labute approximate surface area is 281 Å². The van der Waals surface area contributed by atoms with Crippen LogP contribution in [-0.4, -0.2) is 64.8 Å². The number of Topliss-reactive ketones (excluding diaryl/α,β-unsaturated/α-hetero) is 1. The van der Waals surface area contributed by atoms with E-state index in [-0.39, 0.29) is 52.5 Å². The van der Waals surface area contributed by atoms with Gasteiger partial charge in [-0.3, -0.25) is 4.79 Å². The van der Waals surface area contributed by atoms with Crippen LogP contribution in [0.1, 0.15) is 91.3 Å². The van der Waals surface area contributed by atoms with E-state index in [9.17, 15) is 15.0 Å². The van der Waals surface area contributed by atoms with Crippen molar-refractivity contribution in [2.75, 3.05) is 6.61 Å². The molecule has 8 nitrogen and oxygen atoms in total. The summed E-state index contributed by atoms with van der Waals surface area (Å²) in [5.41, 5.74) is 2.50. The van der Waals surface area contributed by atoms with Crippen molar-refractivity contribution in [3.8, 4) is 11.4 Å². The first-order valence-electron chi connectivity index (χ1n) is 17.8. The fourth-order valence-corrected chi connectivity index (χ4v) is 11.2. The fraction of sp³-hybridized carbons (Fsp3) is 0.684. The van der Waals surface area contributed by atoms with Gasteiger partial charge in [-0.1, -0.05) is 59.6 Å². The van der Waals surface area contributed by atoms with E-state index < -0.39 is 31.7 Å². The van der Waals surface area contributed by atoms with Gasteiger partial charge in [0.05, 0.1) is 36.4 Å². The highest BCUT2D eigenvalue weighted by Crippen LogP contribution is 2.70. The number of nitrogens with zero attached hydrogens (tertiary/aromatic N) is 2. The largest absolute Gasteiger partial charge is 0.508 e. The van der Waals surface area contributed by atoms with Gasteiger partial charge in [0.15, 0.2) is 26.0 Å². The molecule has 3 saturated carbocycles. The third kappa shape index (κ3) is 4.81. The van der Waals surface area contributed by atoms with Gasteiger partial charge in [-0.05, 0) is 104 Å². The molecule has 1 aromatic heterocycles. The molecular formula is C38H54N2O6Si. The van der Waals surface area contributed by atoms with Crippen molar-refractivity contribution in [2.45, 2.75) is 129 Å². The Bertz CT molecular complexity index is 1590. The molecule has 0 radical (unpaired) electrons. The van der Waals surface area contributed by atoms with Crippen LogP contribution in [0.2, 0.25) is 18.1 Å². The van der Waals surface area contributed by atoms with E-state index in [0.29, 0.717) is 6.42 Å². The van der Waals surface area contributed by atoms with E-state index in [4.69, 9.17) is 19.0 Å². The van der Waals surface area contributed by atoms with E-state index in [1.54, 1.807) is 12.1 Å². The number of ketones is 1. The van der Waals surface area contributed by atoms with E-state index >= 15 is 0 Å². The van der Waals surface area contributed by atoms with Crippen molar-refractivity contribution in [1.29, 1.82) is 0 Å². The van der Waals surface area contributed by atoms with Crippen LogP contribution in [0.3, 0.4) is 0 Å².